The van der Waals surface area contributed by atoms with Crippen LogP contribution >= 0.6 is 11.6 Å². The Bertz CT molecular complexity index is 469. The van der Waals surface area contributed by atoms with E-state index < -0.39 is 10.0 Å². The third-order valence-corrected chi connectivity index (χ3v) is 4.13. The molecule has 0 spiro atoms. The Morgan fingerprint density at radius 2 is 1.76 bits per heavy atom. The van der Waals surface area contributed by atoms with Crippen LogP contribution in [0.1, 0.15) is 0 Å². The predicted molar refractivity (Wildman–Crippen MR) is 66.2 cm³/mol. The van der Waals surface area contributed by atoms with Crippen molar-refractivity contribution in [3.8, 4) is 0 Å². The molecule has 0 atom stereocenters. The summed E-state index contributed by atoms with van der Waals surface area (Å²) in [5, 5.41) is 5.37. The summed E-state index contributed by atoms with van der Waals surface area (Å²) in [5.41, 5.74) is 0. The Hall–Kier alpha value is -0.660. The molecule has 1 heterocycles. The molecule has 0 aliphatic carbocycles. The van der Waals surface area contributed by atoms with Crippen molar-refractivity contribution < 1.29 is 8.42 Å². The zero-order valence-electron chi connectivity index (χ0n) is 9.19. The lowest BCUT2D eigenvalue weighted by molar-refractivity contribution is 0.211. The average Bonchev–Trinajstić information content (AvgIpc) is 2.30. The Kier molecular flexibility index (Phi) is 4.01. The fraction of sp³-hybridized carbons (Fsp3) is 0.400. The largest absolute Gasteiger partial charge is 0.314 e. The maximum Gasteiger partial charge on any atom is 0.253 e. The molecule has 1 aliphatic heterocycles. The molecule has 1 saturated heterocycles. The first-order valence-electron chi connectivity index (χ1n) is 5.32. The van der Waals surface area contributed by atoms with Crippen LogP contribution in [-0.2, 0) is 10.0 Å². The molecule has 0 unspecified atom stereocenters. The van der Waals surface area contributed by atoms with Gasteiger partial charge in [-0.25, -0.2) is 13.4 Å². The number of hydrogen-bond acceptors (Lipinski definition) is 4. The SMILES string of the molecule is O=S(=O)(NN1CCNCC1)c1ccc(Cl)cc1. The molecule has 1 aliphatic rings. The molecule has 94 valence electrons. The monoisotopic (exact) mass is 275 g/mol. The van der Waals surface area contributed by atoms with Crippen LogP contribution in [0.2, 0.25) is 5.02 Å². The van der Waals surface area contributed by atoms with Crippen molar-refractivity contribution >= 4 is 21.6 Å². The molecule has 0 aromatic heterocycles. The zero-order chi connectivity index (χ0) is 12.3. The lowest BCUT2D eigenvalue weighted by atomic mass is 10.4. The van der Waals surface area contributed by atoms with Crippen LogP contribution in [0.5, 0.6) is 0 Å². The van der Waals surface area contributed by atoms with Crippen molar-refractivity contribution in [3.05, 3.63) is 29.3 Å². The van der Waals surface area contributed by atoms with Crippen LogP contribution < -0.4 is 10.1 Å². The number of sulfonamides is 1. The van der Waals surface area contributed by atoms with Gasteiger partial charge in [0.05, 0.1) is 4.90 Å². The number of nitrogens with zero attached hydrogens (tertiary/aromatic N) is 1. The molecule has 1 aromatic rings. The van der Waals surface area contributed by atoms with Gasteiger partial charge in [-0.3, -0.25) is 0 Å². The van der Waals surface area contributed by atoms with Gasteiger partial charge in [-0.2, -0.15) is 0 Å². The highest BCUT2D eigenvalue weighted by molar-refractivity contribution is 7.89. The van der Waals surface area contributed by atoms with E-state index in [1.807, 2.05) is 0 Å². The van der Waals surface area contributed by atoms with Crippen LogP contribution in [0.25, 0.3) is 0 Å². The van der Waals surface area contributed by atoms with E-state index >= 15 is 0 Å². The fourth-order valence-corrected chi connectivity index (χ4v) is 2.84. The van der Waals surface area contributed by atoms with E-state index in [0.29, 0.717) is 18.1 Å². The molecule has 7 heteroatoms. The van der Waals surface area contributed by atoms with Gasteiger partial charge in [-0.15, -0.1) is 4.83 Å². The number of hydrazine groups is 1. The lowest BCUT2D eigenvalue weighted by Crippen LogP contribution is -2.52. The first-order chi connectivity index (χ1) is 8.08. The molecule has 5 nitrogen and oxygen atoms in total. The Morgan fingerprint density at radius 3 is 2.35 bits per heavy atom. The van der Waals surface area contributed by atoms with Crippen LogP contribution in [-0.4, -0.2) is 39.6 Å². The molecule has 1 fully saturated rings. The van der Waals surface area contributed by atoms with Gasteiger partial charge in [0.1, 0.15) is 0 Å². The van der Waals surface area contributed by atoms with Crippen molar-refractivity contribution in [2.75, 3.05) is 26.2 Å². The number of hydrogen-bond donors (Lipinski definition) is 2. The highest BCUT2D eigenvalue weighted by atomic mass is 35.5. The van der Waals surface area contributed by atoms with Crippen molar-refractivity contribution in [2.45, 2.75) is 4.90 Å². The molecule has 1 aromatic carbocycles. The van der Waals surface area contributed by atoms with Crippen LogP contribution in [0, 0.1) is 0 Å². The Labute approximate surface area is 106 Å². The van der Waals surface area contributed by atoms with E-state index in [0.717, 1.165) is 13.1 Å². The fourth-order valence-electron chi connectivity index (χ4n) is 1.59. The summed E-state index contributed by atoms with van der Waals surface area (Å²) >= 11 is 5.72. The van der Waals surface area contributed by atoms with Gasteiger partial charge in [0.15, 0.2) is 0 Å². The third kappa shape index (κ3) is 3.40. The summed E-state index contributed by atoms with van der Waals surface area (Å²) < 4.78 is 24.0. The summed E-state index contributed by atoms with van der Waals surface area (Å²) in [4.78, 5) is 2.78. The van der Waals surface area contributed by atoms with Crippen molar-refractivity contribution in [1.29, 1.82) is 0 Å². The first-order valence-corrected chi connectivity index (χ1v) is 7.18. The molecule has 0 bridgehead atoms. The topological polar surface area (TPSA) is 61.4 Å². The smallest absolute Gasteiger partial charge is 0.253 e. The average molecular weight is 276 g/mol. The van der Waals surface area contributed by atoms with E-state index in [9.17, 15) is 8.42 Å². The highest BCUT2D eigenvalue weighted by Crippen LogP contribution is 2.14. The zero-order valence-corrected chi connectivity index (χ0v) is 10.8. The van der Waals surface area contributed by atoms with Crippen LogP contribution in [0.4, 0.5) is 0 Å². The normalized spacial score (nSPS) is 18.2. The van der Waals surface area contributed by atoms with Crippen LogP contribution in [0.15, 0.2) is 29.2 Å². The number of nitrogens with one attached hydrogen (secondary N) is 2. The molecule has 0 amide bonds. The summed E-state index contributed by atoms with van der Waals surface area (Å²) in [6.07, 6.45) is 0. The summed E-state index contributed by atoms with van der Waals surface area (Å²) in [6.45, 7) is 2.88. The number of rotatable bonds is 3. The lowest BCUT2D eigenvalue weighted by Gasteiger charge is -2.27. The number of benzene rings is 1. The molecular formula is C10H14ClN3O2S. The molecule has 0 radical (unpaired) electrons. The Morgan fingerprint density at radius 1 is 1.18 bits per heavy atom. The van der Waals surface area contributed by atoms with Crippen molar-refractivity contribution in [1.82, 2.24) is 15.2 Å². The second-order valence-corrected chi connectivity index (χ2v) is 5.88. The molecule has 2 N–H and O–H groups in total. The minimum Gasteiger partial charge on any atom is -0.314 e. The van der Waals surface area contributed by atoms with E-state index in [1.165, 1.54) is 12.1 Å². The maximum absolute atomic E-state index is 12.0. The molecule has 2 rings (SSSR count). The van der Waals surface area contributed by atoms with Gasteiger partial charge < -0.3 is 5.32 Å². The first kappa shape index (κ1) is 12.8. The van der Waals surface area contributed by atoms with Gasteiger partial charge in [0, 0.05) is 31.2 Å². The number of halogens is 1. The second-order valence-electron chi connectivity index (χ2n) is 3.79. The van der Waals surface area contributed by atoms with Crippen LogP contribution in [0.3, 0.4) is 0 Å². The van der Waals surface area contributed by atoms with Gasteiger partial charge >= 0.3 is 0 Å². The molecule has 0 saturated carbocycles. The minimum atomic E-state index is -3.49. The predicted octanol–water partition coefficient (Wildman–Crippen LogP) is 0.439. The van der Waals surface area contributed by atoms with Gasteiger partial charge in [0.2, 0.25) is 0 Å². The summed E-state index contributed by atoms with van der Waals surface area (Å²) in [7, 11) is -3.49. The second kappa shape index (κ2) is 5.32. The van der Waals surface area contributed by atoms with E-state index in [1.54, 1.807) is 17.1 Å². The van der Waals surface area contributed by atoms with Crippen molar-refractivity contribution in [2.24, 2.45) is 0 Å². The number of piperazine rings is 1. The minimum absolute atomic E-state index is 0.223. The summed E-state index contributed by atoms with van der Waals surface area (Å²) in [5.74, 6) is 0. The van der Waals surface area contributed by atoms with E-state index in [-0.39, 0.29) is 4.90 Å². The highest BCUT2D eigenvalue weighted by Gasteiger charge is 2.19. The van der Waals surface area contributed by atoms with Crippen molar-refractivity contribution in [3.63, 3.8) is 0 Å². The van der Waals surface area contributed by atoms with Gasteiger partial charge in [-0.05, 0) is 24.3 Å². The van der Waals surface area contributed by atoms with Gasteiger partial charge in [-0.1, -0.05) is 11.6 Å². The molecular weight excluding hydrogens is 262 g/mol. The third-order valence-electron chi connectivity index (χ3n) is 2.49. The Balaban J connectivity index is 2.10. The van der Waals surface area contributed by atoms with E-state index in [4.69, 9.17) is 11.6 Å². The molecule has 17 heavy (non-hydrogen) atoms. The van der Waals surface area contributed by atoms with E-state index in [2.05, 4.69) is 10.1 Å². The maximum atomic E-state index is 12.0. The summed E-state index contributed by atoms with van der Waals surface area (Å²) in [6, 6.07) is 6.11. The van der Waals surface area contributed by atoms with Gasteiger partial charge in [0.25, 0.3) is 10.0 Å². The quantitative estimate of drug-likeness (QED) is 0.840. The standard InChI is InChI=1S/C10H14ClN3O2S/c11-9-1-3-10(4-2-9)17(15,16)13-14-7-5-12-6-8-14/h1-4,12-13H,5-8H2.